The third kappa shape index (κ3) is 2.69. The van der Waals surface area contributed by atoms with Crippen LogP contribution in [0.4, 0.5) is 0 Å². The summed E-state index contributed by atoms with van der Waals surface area (Å²) in [6.07, 6.45) is 0. The van der Waals surface area contributed by atoms with Crippen molar-refractivity contribution in [2.45, 2.75) is 0 Å². The van der Waals surface area contributed by atoms with Crippen molar-refractivity contribution in [2.75, 3.05) is 6.54 Å². The standard InChI is InChI=1S/C3H2N4O/c4-1-3(8)2-6-7-5/h2H2. The van der Waals surface area contributed by atoms with Crippen molar-refractivity contribution >= 4 is 5.78 Å². The van der Waals surface area contributed by atoms with Crippen LogP contribution in [-0.2, 0) is 4.79 Å². The molecule has 0 aliphatic heterocycles. The number of Topliss-reactive ketones (excluding diaryl/α,β-unsaturated/α-hetero) is 1. The minimum absolute atomic E-state index is 0.368. The van der Waals surface area contributed by atoms with E-state index in [2.05, 4.69) is 10.0 Å². The SMILES string of the molecule is N#CC(=O)CN=[N+]=[N-]. The lowest BCUT2D eigenvalue weighted by Crippen LogP contribution is -1.94. The summed E-state index contributed by atoms with van der Waals surface area (Å²) in [5.41, 5.74) is 7.61. The molecule has 0 saturated heterocycles. The van der Waals surface area contributed by atoms with Crippen molar-refractivity contribution in [3.63, 3.8) is 0 Å². The average Bonchev–Trinajstić information content (AvgIpc) is 1.83. The summed E-state index contributed by atoms with van der Waals surface area (Å²) in [5.74, 6) is -0.720. The summed E-state index contributed by atoms with van der Waals surface area (Å²) in [4.78, 5) is 12.2. The van der Waals surface area contributed by atoms with Crippen LogP contribution >= 0.6 is 0 Å². The molecular weight excluding hydrogens is 108 g/mol. The maximum atomic E-state index is 9.94. The predicted molar refractivity (Wildman–Crippen MR) is 24.6 cm³/mol. The van der Waals surface area contributed by atoms with Gasteiger partial charge in [0.05, 0.1) is 6.54 Å². The van der Waals surface area contributed by atoms with E-state index < -0.39 is 5.78 Å². The third-order valence-electron chi connectivity index (χ3n) is 0.402. The molecule has 0 atom stereocenters. The molecule has 0 fully saturated rings. The van der Waals surface area contributed by atoms with Crippen LogP contribution in [-0.4, -0.2) is 12.3 Å². The van der Waals surface area contributed by atoms with Gasteiger partial charge in [-0.15, -0.1) is 0 Å². The second kappa shape index (κ2) is 3.65. The van der Waals surface area contributed by atoms with Crippen LogP contribution in [0.2, 0.25) is 0 Å². The van der Waals surface area contributed by atoms with Gasteiger partial charge in [-0.1, -0.05) is 5.11 Å². The molecule has 5 nitrogen and oxygen atoms in total. The first-order valence-corrected chi connectivity index (χ1v) is 1.75. The number of rotatable bonds is 2. The van der Waals surface area contributed by atoms with Crippen LogP contribution in [0.5, 0.6) is 0 Å². The molecule has 0 aromatic carbocycles. The van der Waals surface area contributed by atoms with Gasteiger partial charge in [0.25, 0.3) is 0 Å². The van der Waals surface area contributed by atoms with E-state index >= 15 is 0 Å². The molecule has 5 heteroatoms. The molecule has 0 aliphatic rings. The highest BCUT2D eigenvalue weighted by Crippen LogP contribution is 1.71. The fourth-order valence-electron chi connectivity index (χ4n) is 0.131. The Labute approximate surface area is 45.2 Å². The van der Waals surface area contributed by atoms with Crippen molar-refractivity contribution in [3.05, 3.63) is 10.4 Å². The van der Waals surface area contributed by atoms with Gasteiger partial charge in [0.15, 0.2) is 0 Å². The number of carbonyl (C=O) groups is 1. The quantitative estimate of drug-likeness (QED) is 0.222. The van der Waals surface area contributed by atoms with Gasteiger partial charge in [-0.25, -0.2) is 0 Å². The van der Waals surface area contributed by atoms with Gasteiger partial charge in [-0.05, 0) is 5.53 Å². The van der Waals surface area contributed by atoms with Crippen LogP contribution in [0.25, 0.3) is 10.4 Å². The lowest BCUT2D eigenvalue weighted by molar-refractivity contribution is -0.112. The number of azide groups is 1. The molecule has 0 N–H and O–H groups in total. The molecular formula is C3H2N4O. The van der Waals surface area contributed by atoms with Gasteiger partial charge in [-0.2, -0.15) is 5.26 Å². The number of ketones is 1. The summed E-state index contributed by atoms with van der Waals surface area (Å²) >= 11 is 0. The van der Waals surface area contributed by atoms with E-state index in [9.17, 15) is 4.79 Å². The highest BCUT2D eigenvalue weighted by Gasteiger charge is 1.91. The van der Waals surface area contributed by atoms with Gasteiger partial charge in [0, 0.05) is 4.91 Å². The first-order valence-electron chi connectivity index (χ1n) is 1.75. The lowest BCUT2D eigenvalue weighted by Gasteiger charge is -1.71. The van der Waals surface area contributed by atoms with Crippen LogP contribution in [0, 0.1) is 11.3 Å². The van der Waals surface area contributed by atoms with Gasteiger partial charge in [0.1, 0.15) is 6.07 Å². The van der Waals surface area contributed by atoms with Crippen molar-refractivity contribution in [1.82, 2.24) is 0 Å². The highest BCUT2D eigenvalue weighted by atomic mass is 16.1. The Bertz CT molecular complexity index is 172. The molecule has 0 aromatic heterocycles. The second-order valence-corrected chi connectivity index (χ2v) is 0.924. The fourth-order valence-corrected chi connectivity index (χ4v) is 0.131. The van der Waals surface area contributed by atoms with Crippen molar-refractivity contribution < 1.29 is 4.79 Å². The molecule has 0 aromatic rings. The van der Waals surface area contributed by atoms with E-state index in [1.54, 1.807) is 0 Å². The highest BCUT2D eigenvalue weighted by molar-refractivity contribution is 5.94. The van der Waals surface area contributed by atoms with Crippen LogP contribution < -0.4 is 0 Å². The molecule has 0 saturated carbocycles. The van der Waals surface area contributed by atoms with Crippen LogP contribution in [0.3, 0.4) is 0 Å². The largest absolute Gasteiger partial charge is 0.282 e. The van der Waals surface area contributed by atoms with Gasteiger partial charge >= 0.3 is 0 Å². The molecule has 0 amide bonds. The monoisotopic (exact) mass is 110 g/mol. The molecule has 0 aliphatic carbocycles. The predicted octanol–water partition coefficient (Wildman–Crippen LogP) is 0.389. The fraction of sp³-hybridized carbons (Fsp3) is 0.333. The van der Waals surface area contributed by atoms with Crippen molar-refractivity contribution in [2.24, 2.45) is 5.11 Å². The summed E-state index contributed by atoms with van der Waals surface area (Å²) < 4.78 is 0. The molecule has 0 radical (unpaired) electrons. The normalized spacial score (nSPS) is 6.38. The first-order chi connectivity index (χ1) is 3.81. The number of hydrogen-bond acceptors (Lipinski definition) is 3. The minimum Gasteiger partial charge on any atom is -0.282 e. The van der Waals surface area contributed by atoms with Crippen molar-refractivity contribution in [3.8, 4) is 6.07 Å². The molecule has 0 rings (SSSR count). The van der Waals surface area contributed by atoms with E-state index in [4.69, 9.17) is 10.8 Å². The first kappa shape index (κ1) is 6.47. The number of nitrogens with zero attached hydrogens (tertiary/aromatic N) is 4. The molecule has 0 unspecified atom stereocenters. The minimum atomic E-state index is -0.720. The summed E-state index contributed by atoms with van der Waals surface area (Å²) in [5, 5.41) is 10.6. The summed E-state index contributed by atoms with van der Waals surface area (Å²) in [6, 6.07) is 1.30. The zero-order chi connectivity index (χ0) is 6.41. The third-order valence-corrected chi connectivity index (χ3v) is 0.402. The van der Waals surface area contributed by atoms with Gasteiger partial charge < -0.3 is 0 Å². The molecule has 0 spiro atoms. The van der Waals surface area contributed by atoms with E-state index in [1.165, 1.54) is 6.07 Å². The second-order valence-electron chi connectivity index (χ2n) is 0.924. The average molecular weight is 110 g/mol. The smallest absolute Gasteiger partial charge is 0.237 e. The Balaban J connectivity index is 3.60. The Kier molecular flexibility index (Phi) is 2.95. The Morgan fingerprint density at radius 1 is 2.00 bits per heavy atom. The van der Waals surface area contributed by atoms with E-state index in [1.807, 2.05) is 0 Å². The van der Waals surface area contributed by atoms with Gasteiger partial charge in [-0.3, -0.25) is 4.79 Å². The molecule has 40 valence electrons. The number of nitriles is 1. The zero-order valence-electron chi connectivity index (χ0n) is 3.90. The summed E-state index contributed by atoms with van der Waals surface area (Å²) in [6.45, 7) is -0.368. The number of carbonyl (C=O) groups excluding carboxylic acids is 1. The van der Waals surface area contributed by atoms with Crippen molar-refractivity contribution in [1.29, 1.82) is 5.26 Å². The van der Waals surface area contributed by atoms with E-state index in [0.29, 0.717) is 0 Å². The topological polar surface area (TPSA) is 89.6 Å². The molecule has 8 heavy (non-hydrogen) atoms. The van der Waals surface area contributed by atoms with Gasteiger partial charge in [0.2, 0.25) is 5.78 Å². The Morgan fingerprint density at radius 3 is 3.00 bits per heavy atom. The number of hydrogen-bond donors (Lipinski definition) is 0. The summed E-state index contributed by atoms with van der Waals surface area (Å²) in [7, 11) is 0. The molecule has 0 bridgehead atoms. The molecule has 0 heterocycles. The van der Waals surface area contributed by atoms with Crippen LogP contribution in [0.1, 0.15) is 0 Å². The zero-order valence-corrected chi connectivity index (χ0v) is 3.90. The Morgan fingerprint density at radius 2 is 2.62 bits per heavy atom. The van der Waals surface area contributed by atoms with E-state index in [-0.39, 0.29) is 6.54 Å². The maximum absolute atomic E-state index is 9.94. The van der Waals surface area contributed by atoms with Crippen LogP contribution in [0.15, 0.2) is 5.11 Å². The van der Waals surface area contributed by atoms with E-state index in [0.717, 1.165) is 0 Å². The maximum Gasteiger partial charge on any atom is 0.237 e. The Hall–Kier alpha value is -1.53. The lowest BCUT2D eigenvalue weighted by atomic mass is 10.5.